The van der Waals surface area contributed by atoms with Gasteiger partial charge < -0.3 is 15.4 Å². The third kappa shape index (κ3) is 6.79. The van der Waals surface area contributed by atoms with Gasteiger partial charge in [0.05, 0.1) is 6.33 Å². The zero-order valence-electron chi connectivity index (χ0n) is 23.1. The Morgan fingerprint density at radius 2 is 1.40 bits per heavy atom. The number of unbranched alkanes of at least 4 members (excludes halogenated alkanes) is 8. The van der Waals surface area contributed by atoms with E-state index in [1.165, 1.54) is 82.7 Å². The minimum atomic E-state index is -1.03. The number of rotatable bonds is 16. The molecule has 5 rings (SSSR count). The van der Waals surface area contributed by atoms with E-state index in [-0.39, 0.29) is 12.3 Å². The van der Waals surface area contributed by atoms with E-state index in [1.807, 2.05) is 0 Å². The minimum Gasteiger partial charge on any atom is -0.480 e. The smallest absolute Gasteiger partial charge is 0.326 e. The number of carbonyl (C=O) groups excluding carboxylic acids is 1. The summed E-state index contributed by atoms with van der Waals surface area (Å²) >= 11 is 0. The molecule has 1 atom stereocenters. The largest absolute Gasteiger partial charge is 0.480 e. The summed E-state index contributed by atoms with van der Waals surface area (Å²) in [5.74, 6) is -1.23. The van der Waals surface area contributed by atoms with Gasteiger partial charge in [0, 0.05) is 24.7 Å². The van der Waals surface area contributed by atoms with Crippen molar-refractivity contribution in [3.05, 3.63) is 78.4 Å². The van der Waals surface area contributed by atoms with Crippen molar-refractivity contribution in [3.8, 4) is 0 Å². The van der Waals surface area contributed by atoms with E-state index in [1.54, 1.807) is 6.20 Å². The Labute approximate surface area is 235 Å². The number of nitrogens with zero attached hydrogens (tertiary/aromatic N) is 1. The van der Waals surface area contributed by atoms with Crippen LogP contribution in [0, 0.1) is 0 Å². The Balaban J connectivity index is 0.948. The van der Waals surface area contributed by atoms with Crippen molar-refractivity contribution in [2.24, 2.45) is 0 Å². The molecule has 0 spiro atoms. The van der Waals surface area contributed by atoms with Crippen LogP contribution in [0.3, 0.4) is 0 Å². The van der Waals surface area contributed by atoms with E-state index in [9.17, 15) is 14.7 Å². The molecule has 0 aliphatic carbocycles. The predicted octanol–water partition coefficient (Wildman–Crippen LogP) is 7.56. The Hall–Kier alpha value is -3.93. The molecule has 0 saturated heterocycles. The third-order valence-corrected chi connectivity index (χ3v) is 8.08. The van der Waals surface area contributed by atoms with E-state index < -0.39 is 12.0 Å². The Kier molecular flexibility index (Phi) is 9.27. The maximum Gasteiger partial charge on any atom is 0.326 e. The van der Waals surface area contributed by atoms with Crippen molar-refractivity contribution >= 4 is 44.2 Å². The zero-order chi connectivity index (χ0) is 27.7. The fourth-order valence-electron chi connectivity index (χ4n) is 5.93. The number of aromatic nitrogens is 2. The van der Waals surface area contributed by atoms with Crippen molar-refractivity contribution in [2.45, 2.75) is 83.1 Å². The number of carboxylic acid groups (broad SMARTS) is 1. The highest BCUT2D eigenvalue weighted by atomic mass is 16.4. The average molecular weight is 538 g/mol. The summed E-state index contributed by atoms with van der Waals surface area (Å²) in [6.07, 6.45) is 15.1. The van der Waals surface area contributed by atoms with E-state index in [2.05, 4.69) is 69.9 Å². The SMILES string of the molecule is O=C(CCCCCCCCCCCc1ccc2ccc3cccc4ccc1c2c34)N[C@@H](Cc1cnc[nH]1)C(=O)O. The van der Waals surface area contributed by atoms with Gasteiger partial charge in [-0.1, -0.05) is 99.5 Å². The van der Waals surface area contributed by atoms with Crippen LogP contribution in [0.25, 0.3) is 32.3 Å². The van der Waals surface area contributed by atoms with Gasteiger partial charge in [0.15, 0.2) is 0 Å². The molecule has 4 aromatic carbocycles. The van der Waals surface area contributed by atoms with Gasteiger partial charge in [-0.05, 0) is 57.1 Å². The summed E-state index contributed by atoms with van der Waals surface area (Å²) in [7, 11) is 0. The first kappa shape index (κ1) is 27.6. The first-order valence-electron chi connectivity index (χ1n) is 14.7. The van der Waals surface area contributed by atoms with E-state index >= 15 is 0 Å². The highest BCUT2D eigenvalue weighted by molar-refractivity contribution is 6.23. The van der Waals surface area contributed by atoms with Crippen molar-refractivity contribution < 1.29 is 14.7 Å². The molecule has 6 heteroatoms. The highest BCUT2D eigenvalue weighted by Crippen LogP contribution is 2.36. The van der Waals surface area contributed by atoms with Crippen molar-refractivity contribution in [1.29, 1.82) is 0 Å². The topological polar surface area (TPSA) is 95.1 Å². The predicted molar refractivity (Wildman–Crippen MR) is 162 cm³/mol. The van der Waals surface area contributed by atoms with Gasteiger partial charge in [-0.3, -0.25) is 4.79 Å². The number of nitrogens with one attached hydrogen (secondary N) is 2. The normalized spacial score (nSPS) is 12.4. The molecule has 1 heterocycles. The molecule has 0 aliphatic heterocycles. The van der Waals surface area contributed by atoms with Crippen LogP contribution in [0.15, 0.2) is 67.1 Å². The molecule has 0 unspecified atom stereocenters. The molecule has 40 heavy (non-hydrogen) atoms. The second-order valence-corrected chi connectivity index (χ2v) is 11.0. The lowest BCUT2D eigenvalue weighted by Crippen LogP contribution is -2.42. The van der Waals surface area contributed by atoms with Crippen LogP contribution < -0.4 is 5.32 Å². The number of aliphatic carboxylic acids is 1. The molecule has 3 N–H and O–H groups in total. The van der Waals surface area contributed by atoms with Gasteiger partial charge in [0.1, 0.15) is 6.04 Å². The van der Waals surface area contributed by atoms with Crippen LogP contribution in [0.1, 0.15) is 75.5 Å². The number of aryl methyl sites for hydroxylation is 1. The van der Waals surface area contributed by atoms with Crippen LogP contribution in [-0.2, 0) is 22.4 Å². The van der Waals surface area contributed by atoms with Crippen molar-refractivity contribution in [2.75, 3.05) is 0 Å². The maximum absolute atomic E-state index is 12.2. The number of H-pyrrole nitrogens is 1. The molecule has 0 aliphatic rings. The Morgan fingerprint density at radius 1 is 0.775 bits per heavy atom. The lowest BCUT2D eigenvalue weighted by atomic mass is 9.90. The minimum absolute atomic E-state index is 0.198. The fourth-order valence-corrected chi connectivity index (χ4v) is 5.93. The van der Waals surface area contributed by atoms with Gasteiger partial charge in [-0.2, -0.15) is 0 Å². The number of carbonyl (C=O) groups is 2. The third-order valence-electron chi connectivity index (χ3n) is 8.08. The Morgan fingerprint density at radius 3 is 2.08 bits per heavy atom. The molecular weight excluding hydrogens is 498 g/mol. The van der Waals surface area contributed by atoms with Crippen molar-refractivity contribution in [3.63, 3.8) is 0 Å². The second kappa shape index (κ2) is 13.4. The van der Waals surface area contributed by atoms with Gasteiger partial charge in [-0.15, -0.1) is 0 Å². The molecule has 0 saturated carbocycles. The molecule has 0 radical (unpaired) electrons. The molecular formula is C34H39N3O3. The lowest BCUT2D eigenvalue weighted by molar-refractivity contribution is -0.141. The monoisotopic (exact) mass is 537 g/mol. The maximum atomic E-state index is 12.2. The van der Waals surface area contributed by atoms with Crippen LogP contribution in [0.2, 0.25) is 0 Å². The van der Waals surface area contributed by atoms with Crippen LogP contribution in [0.4, 0.5) is 0 Å². The molecule has 5 aromatic rings. The molecule has 208 valence electrons. The molecule has 6 nitrogen and oxygen atoms in total. The molecule has 0 bridgehead atoms. The number of hydrogen-bond donors (Lipinski definition) is 3. The lowest BCUT2D eigenvalue weighted by Gasteiger charge is -2.14. The first-order valence-corrected chi connectivity index (χ1v) is 14.7. The standard InChI is InChI=1S/C34H39N3O3/c38-31(37-30(34(39)40)21-28-22-35-23-36-28)14-9-7-5-3-1-2-4-6-8-11-24-15-16-27-18-17-25-12-10-13-26-19-20-29(24)33(27)32(25)26/h10,12-13,15-20,22-23,30H,1-9,11,14,21H2,(H,35,36)(H,37,38)(H,39,40)/t30-/m0/s1. The molecule has 0 fully saturated rings. The number of hydrogen-bond acceptors (Lipinski definition) is 3. The summed E-state index contributed by atoms with van der Waals surface area (Å²) < 4.78 is 0. The zero-order valence-corrected chi connectivity index (χ0v) is 23.1. The fraction of sp³-hybridized carbons (Fsp3) is 0.382. The number of aromatic amines is 1. The highest BCUT2D eigenvalue weighted by Gasteiger charge is 2.20. The summed E-state index contributed by atoms with van der Waals surface area (Å²) in [6, 6.07) is 19.3. The van der Waals surface area contributed by atoms with Gasteiger partial charge in [-0.25, -0.2) is 9.78 Å². The van der Waals surface area contributed by atoms with Crippen LogP contribution in [-0.4, -0.2) is 33.0 Å². The summed E-state index contributed by atoms with van der Waals surface area (Å²) in [5.41, 5.74) is 2.16. The van der Waals surface area contributed by atoms with Gasteiger partial charge >= 0.3 is 5.97 Å². The number of carboxylic acids is 1. The summed E-state index contributed by atoms with van der Waals surface area (Å²) in [6.45, 7) is 0. The quantitative estimate of drug-likeness (QED) is 0.0894. The molecule has 1 amide bonds. The van der Waals surface area contributed by atoms with Crippen molar-refractivity contribution in [1.82, 2.24) is 15.3 Å². The summed E-state index contributed by atoms with van der Waals surface area (Å²) in [4.78, 5) is 30.4. The number of amides is 1. The second-order valence-electron chi connectivity index (χ2n) is 11.0. The van der Waals surface area contributed by atoms with E-state index in [0.29, 0.717) is 12.1 Å². The van der Waals surface area contributed by atoms with Gasteiger partial charge in [0.2, 0.25) is 5.91 Å². The number of benzene rings is 4. The van der Waals surface area contributed by atoms with Gasteiger partial charge in [0.25, 0.3) is 0 Å². The van der Waals surface area contributed by atoms with Crippen LogP contribution in [0.5, 0.6) is 0 Å². The Bertz CT molecular complexity index is 1530. The molecule has 1 aromatic heterocycles. The van der Waals surface area contributed by atoms with Crippen LogP contribution >= 0.6 is 0 Å². The average Bonchev–Trinajstić information content (AvgIpc) is 3.48. The van der Waals surface area contributed by atoms with E-state index in [0.717, 1.165) is 25.7 Å². The van der Waals surface area contributed by atoms with E-state index in [4.69, 9.17) is 0 Å². The number of imidazole rings is 1. The first-order chi connectivity index (χ1) is 19.6. The summed E-state index contributed by atoms with van der Waals surface area (Å²) in [5, 5.41) is 20.2.